The molecular formula is C17H15NO. The number of hydrogen-bond donors (Lipinski definition) is 0. The third-order valence-corrected chi connectivity index (χ3v) is 3.29. The molecule has 2 nitrogen and oxygen atoms in total. The average Bonchev–Trinajstić information content (AvgIpc) is 2.79. The highest BCUT2D eigenvalue weighted by molar-refractivity contribution is 5.74. The van der Waals surface area contributed by atoms with E-state index in [0.717, 1.165) is 22.6 Å². The fourth-order valence-corrected chi connectivity index (χ4v) is 2.38. The molecule has 0 fully saturated rings. The third-order valence-electron chi connectivity index (χ3n) is 3.29. The van der Waals surface area contributed by atoms with E-state index in [9.17, 15) is 0 Å². The molecule has 3 aromatic rings. The van der Waals surface area contributed by atoms with E-state index in [1.54, 1.807) is 0 Å². The zero-order valence-electron chi connectivity index (χ0n) is 11.1. The Balaban J connectivity index is 2.11. The maximum atomic E-state index is 5.25. The van der Waals surface area contributed by atoms with Gasteiger partial charge in [-0.15, -0.1) is 0 Å². The molecule has 19 heavy (non-hydrogen) atoms. The summed E-state index contributed by atoms with van der Waals surface area (Å²) in [6.45, 7) is 3.92. The molecule has 0 aliphatic heterocycles. The lowest BCUT2D eigenvalue weighted by atomic mass is 9.98. The van der Waals surface area contributed by atoms with Crippen molar-refractivity contribution in [3.05, 3.63) is 66.1 Å². The Hall–Kier alpha value is -2.35. The van der Waals surface area contributed by atoms with Crippen LogP contribution >= 0.6 is 0 Å². The summed E-state index contributed by atoms with van der Waals surface area (Å²) in [6.07, 6.45) is 0. The van der Waals surface area contributed by atoms with Gasteiger partial charge in [-0.1, -0.05) is 53.7 Å². The van der Waals surface area contributed by atoms with Gasteiger partial charge in [0, 0.05) is 5.56 Å². The van der Waals surface area contributed by atoms with Crippen LogP contribution in [0, 0.1) is 13.8 Å². The quantitative estimate of drug-likeness (QED) is 0.662. The molecular weight excluding hydrogens is 234 g/mol. The molecule has 0 N–H and O–H groups in total. The molecule has 1 heterocycles. The topological polar surface area (TPSA) is 26.0 Å². The number of benzene rings is 2. The van der Waals surface area contributed by atoms with Gasteiger partial charge in [0.25, 0.3) is 0 Å². The van der Waals surface area contributed by atoms with Crippen LogP contribution in [0.3, 0.4) is 0 Å². The summed E-state index contributed by atoms with van der Waals surface area (Å²) in [5, 5.41) is 4.02. The van der Waals surface area contributed by atoms with Gasteiger partial charge in [-0.3, -0.25) is 0 Å². The lowest BCUT2D eigenvalue weighted by Crippen LogP contribution is -1.83. The Kier molecular flexibility index (Phi) is 2.92. The minimum atomic E-state index is 0.864. The van der Waals surface area contributed by atoms with Gasteiger partial charge in [-0.2, -0.15) is 0 Å². The molecule has 2 heteroatoms. The summed E-state index contributed by atoms with van der Waals surface area (Å²) < 4.78 is 5.25. The molecule has 2 aromatic carbocycles. The van der Waals surface area contributed by atoms with E-state index in [-0.39, 0.29) is 0 Å². The molecule has 0 saturated heterocycles. The van der Waals surface area contributed by atoms with Crippen LogP contribution in [0.1, 0.15) is 11.5 Å². The molecule has 0 bridgehead atoms. The number of rotatable bonds is 2. The van der Waals surface area contributed by atoms with Gasteiger partial charge >= 0.3 is 0 Å². The van der Waals surface area contributed by atoms with Crippen LogP contribution in [0.15, 0.2) is 59.1 Å². The van der Waals surface area contributed by atoms with Gasteiger partial charge in [-0.05, 0) is 36.6 Å². The van der Waals surface area contributed by atoms with Crippen molar-refractivity contribution in [2.24, 2.45) is 0 Å². The van der Waals surface area contributed by atoms with E-state index in [1.165, 1.54) is 11.1 Å². The predicted molar refractivity (Wildman–Crippen MR) is 76.8 cm³/mol. The number of aryl methyl sites for hydroxylation is 2. The van der Waals surface area contributed by atoms with Crippen LogP contribution < -0.4 is 0 Å². The van der Waals surface area contributed by atoms with E-state index in [1.807, 2.05) is 19.9 Å². The van der Waals surface area contributed by atoms with Crippen molar-refractivity contribution < 1.29 is 4.52 Å². The summed E-state index contributed by atoms with van der Waals surface area (Å²) >= 11 is 0. The molecule has 1 aromatic heterocycles. The van der Waals surface area contributed by atoms with Crippen LogP contribution in [0.5, 0.6) is 0 Å². The Morgan fingerprint density at radius 1 is 0.789 bits per heavy atom. The Morgan fingerprint density at radius 2 is 1.47 bits per heavy atom. The molecule has 0 saturated carbocycles. The van der Waals surface area contributed by atoms with Gasteiger partial charge in [0.1, 0.15) is 5.76 Å². The van der Waals surface area contributed by atoms with E-state index in [0.29, 0.717) is 0 Å². The molecule has 0 aliphatic carbocycles. The van der Waals surface area contributed by atoms with Crippen LogP contribution in [0.25, 0.3) is 22.3 Å². The zero-order chi connectivity index (χ0) is 13.2. The zero-order valence-corrected chi connectivity index (χ0v) is 11.1. The highest BCUT2D eigenvalue weighted by atomic mass is 16.5. The molecule has 3 rings (SSSR count). The molecule has 0 amide bonds. The molecule has 94 valence electrons. The summed E-state index contributed by atoms with van der Waals surface area (Å²) in [7, 11) is 0. The Morgan fingerprint density at radius 3 is 2.16 bits per heavy atom. The van der Waals surface area contributed by atoms with Crippen molar-refractivity contribution in [2.45, 2.75) is 13.8 Å². The van der Waals surface area contributed by atoms with E-state index in [4.69, 9.17) is 4.52 Å². The van der Waals surface area contributed by atoms with E-state index in [2.05, 4.69) is 53.7 Å². The minimum absolute atomic E-state index is 0.864. The van der Waals surface area contributed by atoms with Crippen molar-refractivity contribution in [3.8, 4) is 22.3 Å². The molecule has 0 spiro atoms. The predicted octanol–water partition coefficient (Wildman–Crippen LogP) is 4.63. The maximum absolute atomic E-state index is 5.25. The van der Waals surface area contributed by atoms with Crippen LogP contribution in [-0.2, 0) is 0 Å². The van der Waals surface area contributed by atoms with Gasteiger partial charge < -0.3 is 4.52 Å². The van der Waals surface area contributed by atoms with Gasteiger partial charge in [-0.25, -0.2) is 0 Å². The van der Waals surface area contributed by atoms with Crippen molar-refractivity contribution >= 4 is 0 Å². The van der Waals surface area contributed by atoms with Crippen LogP contribution in [0.2, 0.25) is 0 Å². The SMILES string of the molecule is Cc1noc(C)c1-c1cccc(-c2ccccc2)c1. The van der Waals surface area contributed by atoms with Crippen molar-refractivity contribution in [1.82, 2.24) is 5.16 Å². The molecule has 0 radical (unpaired) electrons. The number of aromatic nitrogens is 1. The summed E-state index contributed by atoms with van der Waals surface area (Å²) in [6, 6.07) is 18.8. The number of nitrogens with zero attached hydrogens (tertiary/aromatic N) is 1. The maximum Gasteiger partial charge on any atom is 0.141 e. The minimum Gasteiger partial charge on any atom is -0.361 e. The average molecular weight is 249 g/mol. The molecule has 0 atom stereocenters. The van der Waals surface area contributed by atoms with E-state index >= 15 is 0 Å². The summed E-state index contributed by atoms with van der Waals surface area (Å²) in [5.74, 6) is 0.864. The lowest BCUT2D eigenvalue weighted by molar-refractivity contribution is 0.393. The first-order valence-electron chi connectivity index (χ1n) is 6.34. The smallest absolute Gasteiger partial charge is 0.141 e. The number of hydrogen-bond acceptors (Lipinski definition) is 2. The third kappa shape index (κ3) is 2.17. The van der Waals surface area contributed by atoms with Gasteiger partial charge in [0.15, 0.2) is 0 Å². The van der Waals surface area contributed by atoms with Crippen LogP contribution in [-0.4, -0.2) is 5.16 Å². The van der Waals surface area contributed by atoms with Crippen molar-refractivity contribution in [3.63, 3.8) is 0 Å². The second-order valence-electron chi connectivity index (χ2n) is 4.65. The van der Waals surface area contributed by atoms with Crippen LogP contribution in [0.4, 0.5) is 0 Å². The lowest BCUT2D eigenvalue weighted by Gasteiger charge is -2.05. The summed E-state index contributed by atoms with van der Waals surface area (Å²) in [5.41, 5.74) is 5.60. The Labute approximate surface area is 112 Å². The molecule has 0 aliphatic rings. The first-order valence-corrected chi connectivity index (χ1v) is 6.34. The molecule has 0 unspecified atom stereocenters. The van der Waals surface area contributed by atoms with Gasteiger partial charge in [0.2, 0.25) is 0 Å². The normalized spacial score (nSPS) is 10.6. The Bertz CT molecular complexity index is 679. The first kappa shape index (κ1) is 11.7. The first-order chi connectivity index (χ1) is 9.25. The highest BCUT2D eigenvalue weighted by Crippen LogP contribution is 2.30. The fourth-order valence-electron chi connectivity index (χ4n) is 2.38. The van der Waals surface area contributed by atoms with Crippen molar-refractivity contribution in [1.29, 1.82) is 0 Å². The summed E-state index contributed by atoms with van der Waals surface area (Å²) in [4.78, 5) is 0. The standard InChI is InChI=1S/C17H15NO/c1-12-17(13(2)19-18-12)16-10-6-9-15(11-16)14-7-4-3-5-8-14/h3-11H,1-2H3. The fraction of sp³-hybridized carbons (Fsp3) is 0.118. The second-order valence-corrected chi connectivity index (χ2v) is 4.65. The largest absolute Gasteiger partial charge is 0.361 e. The highest BCUT2D eigenvalue weighted by Gasteiger charge is 2.11. The second kappa shape index (κ2) is 4.73. The van der Waals surface area contributed by atoms with Crippen molar-refractivity contribution in [2.75, 3.05) is 0 Å². The van der Waals surface area contributed by atoms with Gasteiger partial charge in [0.05, 0.1) is 5.69 Å². The van der Waals surface area contributed by atoms with E-state index < -0.39 is 0 Å². The monoisotopic (exact) mass is 249 g/mol.